The summed E-state index contributed by atoms with van der Waals surface area (Å²) in [5.41, 5.74) is 4.53. The van der Waals surface area contributed by atoms with Crippen LogP contribution in [0.1, 0.15) is 23.2 Å². The molecule has 0 saturated heterocycles. The number of benzene rings is 2. The molecule has 0 aliphatic rings. The molecule has 5 heteroatoms. The first-order valence-electron chi connectivity index (χ1n) is 7.87. The van der Waals surface area contributed by atoms with Crippen molar-refractivity contribution in [2.45, 2.75) is 26.7 Å². The molecule has 1 heterocycles. The summed E-state index contributed by atoms with van der Waals surface area (Å²) in [6.45, 7) is 3.97. The van der Waals surface area contributed by atoms with Crippen LogP contribution in [0, 0.1) is 13.8 Å². The maximum atomic E-state index is 12.1. The van der Waals surface area contributed by atoms with Crippen molar-refractivity contribution in [1.29, 1.82) is 0 Å². The van der Waals surface area contributed by atoms with Gasteiger partial charge >= 0.3 is 0 Å². The molecule has 0 atom stereocenters. The third-order valence-electron chi connectivity index (χ3n) is 3.76. The van der Waals surface area contributed by atoms with Crippen molar-refractivity contribution < 1.29 is 4.79 Å². The summed E-state index contributed by atoms with van der Waals surface area (Å²) < 4.78 is 0. The third-order valence-corrected chi connectivity index (χ3v) is 3.76. The summed E-state index contributed by atoms with van der Waals surface area (Å²) in [7, 11) is 0. The summed E-state index contributed by atoms with van der Waals surface area (Å²) in [5.74, 6) is -0.130. The maximum absolute atomic E-state index is 12.1. The second-order valence-electron chi connectivity index (χ2n) is 5.95. The lowest BCUT2D eigenvalue weighted by Gasteiger charge is -2.07. The quantitative estimate of drug-likeness (QED) is 0.775. The van der Waals surface area contributed by atoms with Crippen LogP contribution in [0.5, 0.6) is 0 Å². The monoisotopic (exact) mass is 321 g/mol. The molecule has 0 spiro atoms. The fourth-order valence-corrected chi connectivity index (χ4v) is 2.74. The summed E-state index contributed by atoms with van der Waals surface area (Å²) in [6.07, 6.45) is 0.512. The van der Waals surface area contributed by atoms with Crippen molar-refractivity contribution in [3.8, 4) is 0 Å². The Morgan fingerprint density at radius 3 is 2.58 bits per heavy atom. The number of aromatic amines is 1. The molecular formula is C19H19N3O2. The van der Waals surface area contributed by atoms with E-state index in [1.54, 1.807) is 6.07 Å². The van der Waals surface area contributed by atoms with Crippen LogP contribution in [0.4, 0.5) is 5.69 Å². The Kier molecular flexibility index (Phi) is 4.42. The Balaban J connectivity index is 1.70. The van der Waals surface area contributed by atoms with Crippen LogP contribution in [0.15, 0.2) is 47.3 Å². The van der Waals surface area contributed by atoms with E-state index in [1.165, 1.54) is 0 Å². The van der Waals surface area contributed by atoms with Crippen LogP contribution in [-0.2, 0) is 11.2 Å². The number of H-pyrrole nitrogens is 1. The average Bonchev–Trinajstić information content (AvgIpc) is 2.52. The number of hydrogen-bond donors (Lipinski definition) is 2. The Morgan fingerprint density at radius 2 is 1.83 bits per heavy atom. The lowest BCUT2D eigenvalue weighted by atomic mass is 10.1. The molecule has 0 bridgehead atoms. The SMILES string of the molecule is Cc1cc(C)cc(NC(=O)CCc2nc3ccccc3[nH]c2=O)c1. The van der Waals surface area contributed by atoms with Gasteiger partial charge in [-0.25, -0.2) is 4.98 Å². The highest BCUT2D eigenvalue weighted by atomic mass is 16.1. The summed E-state index contributed by atoms with van der Waals surface area (Å²) in [5, 5.41) is 2.87. The van der Waals surface area contributed by atoms with Gasteiger partial charge in [-0.15, -0.1) is 0 Å². The molecule has 24 heavy (non-hydrogen) atoms. The van der Waals surface area contributed by atoms with E-state index in [2.05, 4.69) is 15.3 Å². The van der Waals surface area contributed by atoms with Crippen molar-refractivity contribution >= 4 is 22.6 Å². The van der Waals surface area contributed by atoms with Gasteiger partial charge in [-0.05, 0) is 49.2 Å². The van der Waals surface area contributed by atoms with E-state index in [0.29, 0.717) is 17.6 Å². The number of aromatic nitrogens is 2. The molecule has 3 aromatic rings. The van der Waals surface area contributed by atoms with E-state index in [9.17, 15) is 9.59 Å². The topological polar surface area (TPSA) is 74.8 Å². The Hall–Kier alpha value is -2.95. The fourth-order valence-electron chi connectivity index (χ4n) is 2.74. The Morgan fingerprint density at radius 1 is 1.12 bits per heavy atom. The van der Waals surface area contributed by atoms with E-state index in [-0.39, 0.29) is 17.9 Å². The van der Waals surface area contributed by atoms with Gasteiger partial charge in [0.2, 0.25) is 5.91 Å². The summed E-state index contributed by atoms with van der Waals surface area (Å²) >= 11 is 0. The van der Waals surface area contributed by atoms with Gasteiger partial charge in [-0.1, -0.05) is 18.2 Å². The zero-order valence-electron chi connectivity index (χ0n) is 13.7. The van der Waals surface area contributed by atoms with Gasteiger partial charge in [0.1, 0.15) is 5.69 Å². The predicted molar refractivity (Wildman–Crippen MR) is 95.2 cm³/mol. The molecule has 1 amide bonds. The van der Waals surface area contributed by atoms with Crippen LogP contribution >= 0.6 is 0 Å². The number of amides is 1. The summed E-state index contributed by atoms with van der Waals surface area (Å²) in [4.78, 5) is 31.3. The van der Waals surface area contributed by atoms with Gasteiger partial charge < -0.3 is 10.3 Å². The minimum absolute atomic E-state index is 0.130. The molecule has 2 aromatic carbocycles. The second-order valence-corrected chi connectivity index (χ2v) is 5.95. The number of anilines is 1. The highest BCUT2D eigenvalue weighted by Gasteiger charge is 2.09. The lowest BCUT2D eigenvalue weighted by Crippen LogP contribution is -2.19. The predicted octanol–water partition coefficient (Wildman–Crippen LogP) is 3.11. The molecule has 0 unspecified atom stereocenters. The molecule has 0 aliphatic carbocycles. The zero-order chi connectivity index (χ0) is 17.1. The number of hydrogen-bond acceptors (Lipinski definition) is 3. The van der Waals surface area contributed by atoms with Crippen LogP contribution in [0.2, 0.25) is 0 Å². The molecule has 0 saturated carbocycles. The van der Waals surface area contributed by atoms with Crippen LogP contribution < -0.4 is 10.9 Å². The normalized spacial score (nSPS) is 10.8. The van der Waals surface area contributed by atoms with Gasteiger partial charge in [-0.3, -0.25) is 9.59 Å². The number of para-hydroxylation sites is 2. The van der Waals surface area contributed by atoms with Crippen molar-refractivity contribution in [2.24, 2.45) is 0 Å². The van der Waals surface area contributed by atoms with Gasteiger partial charge in [0.15, 0.2) is 0 Å². The maximum Gasteiger partial charge on any atom is 0.270 e. The van der Waals surface area contributed by atoms with Gasteiger partial charge in [0.05, 0.1) is 11.0 Å². The average molecular weight is 321 g/mol. The van der Waals surface area contributed by atoms with E-state index in [1.807, 2.05) is 50.2 Å². The zero-order valence-corrected chi connectivity index (χ0v) is 13.7. The summed E-state index contributed by atoms with van der Waals surface area (Å²) in [6, 6.07) is 13.2. The van der Waals surface area contributed by atoms with E-state index < -0.39 is 0 Å². The number of rotatable bonds is 4. The number of carbonyl (C=O) groups excluding carboxylic acids is 1. The number of nitrogens with one attached hydrogen (secondary N) is 2. The fraction of sp³-hybridized carbons (Fsp3) is 0.211. The highest BCUT2D eigenvalue weighted by molar-refractivity contribution is 5.91. The van der Waals surface area contributed by atoms with Gasteiger partial charge in [0.25, 0.3) is 5.56 Å². The largest absolute Gasteiger partial charge is 0.326 e. The van der Waals surface area contributed by atoms with Crippen LogP contribution in [-0.4, -0.2) is 15.9 Å². The molecule has 1 aromatic heterocycles. The number of nitrogens with zero attached hydrogens (tertiary/aromatic N) is 1. The highest BCUT2D eigenvalue weighted by Crippen LogP contribution is 2.14. The minimum Gasteiger partial charge on any atom is -0.326 e. The molecular weight excluding hydrogens is 302 g/mol. The molecule has 5 nitrogen and oxygen atoms in total. The van der Waals surface area contributed by atoms with Crippen molar-refractivity contribution in [3.05, 3.63) is 69.6 Å². The van der Waals surface area contributed by atoms with Gasteiger partial charge in [-0.2, -0.15) is 0 Å². The Labute approximate surface area is 139 Å². The molecule has 0 aliphatic heterocycles. The first-order valence-corrected chi connectivity index (χ1v) is 7.87. The van der Waals surface area contributed by atoms with E-state index in [4.69, 9.17) is 0 Å². The first kappa shape index (κ1) is 15.9. The molecule has 2 N–H and O–H groups in total. The van der Waals surface area contributed by atoms with Crippen molar-refractivity contribution in [3.63, 3.8) is 0 Å². The Bertz CT molecular complexity index is 940. The smallest absolute Gasteiger partial charge is 0.270 e. The van der Waals surface area contributed by atoms with E-state index in [0.717, 1.165) is 22.3 Å². The van der Waals surface area contributed by atoms with Gasteiger partial charge in [0, 0.05) is 18.5 Å². The minimum atomic E-state index is -0.243. The van der Waals surface area contributed by atoms with Crippen LogP contribution in [0.3, 0.4) is 0 Å². The number of fused-ring (bicyclic) bond motifs is 1. The number of carbonyl (C=O) groups is 1. The number of aryl methyl sites for hydroxylation is 3. The standard InChI is InChI=1S/C19H19N3O2/c1-12-9-13(2)11-14(10-12)20-18(23)8-7-17-19(24)22-16-6-4-3-5-15(16)21-17/h3-6,9-11H,7-8H2,1-2H3,(H,20,23)(H,22,24). The van der Waals surface area contributed by atoms with E-state index >= 15 is 0 Å². The van der Waals surface area contributed by atoms with Crippen LogP contribution in [0.25, 0.3) is 11.0 Å². The third kappa shape index (κ3) is 3.68. The first-order chi connectivity index (χ1) is 11.5. The second kappa shape index (κ2) is 6.66. The van der Waals surface area contributed by atoms with Crippen molar-refractivity contribution in [1.82, 2.24) is 9.97 Å². The molecule has 3 rings (SSSR count). The van der Waals surface area contributed by atoms with Crippen molar-refractivity contribution in [2.75, 3.05) is 5.32 Å². The molecule has 122 valence electrons. The molecule has 0 radical (unpaired) electrons. The lowest BCUT2D eigenvalue weighted by molar-refractivity contribution is -0.116. The molecule has 0 fully saturated rings.